The second-order valence-corrected chi connectivity index (χ2v) is 8.03. The predicted molar refractivity (Wildman–Crippen MR) is 113 cm³/mol. The molecule has 0 saturated carbocycles. The first-order valence-electron chi connectivity index (χ1n) is 9.42. The van der Waals surface area contributed by atoms with Gasteiger partial charge in [-0.25, -0.2) is 5.01 Å². The average molecular weight is 410 g/mol. The Balaban J connectivity index is 1.53. The van der Waals surface area contributed by atoms with Gasteiger partial charge in [-0.15, -0.1) is 11.3 Å². The Hall–Kier alpha value is -2.90. The summed E-state index contributed by atoms with van der Waals surface area (Å²) in [6.45, 7) is 1.02. The van der Waals surface area contributed by atoms with E-state index in [1.54, 1.807) is 29.7 Å². The minimum atomic E-state index is -0.232. The van der Waals surface area contributed by atoms with E-state index < -0.39 is 0 Å². The van der Waals surface area contributed by atoms with Gasteiger partial charge in [-0.3, -0.25) is 9.69 Å². The number of thiophene rings is 1. The van der Waals surface area contributed by atoms with E-state index >= 15 is 0 Å². The van der Waals surface area contributed by atoms with Crippen molar-refractivity contribution < 1.29 is 13.9 Å². The van der Waals surface area contributed by atoms with Gasteiger partial charge >= 0.3 is 0 Å². The number of amides is 1. The highest BCUT2D eigenvalue weighted by atomic mass is 32.1. The summed E-state index contributed by atoms with van der Waals surface area (Å²) in [5, 5.41) is 8.29. The molecule has 29 heavy (non-hydrogen) atoms. The van der Waals surface area contributed by atoms with Gasteiger partial charge in [-0.2, -0.15) is 5.10 Å². The number of likely N-dealkylation sites (N-methyl/N-ethyl adjacent to an activating group) is 1. The van der Waals surface area contributed by atoms with Crippen molar-refractivity contribution in [2.75, 3.05) is 20.7 Å². The molecule has 3 heterocycles. The highest BCUT2D eigenvalue weighted by molar-refractivity contribution is 7.09. The standard InChI is InChI=1S/C22H23N3O3S/c1-24(14-18-5-4-12-29-18)15-22(26)25-20(21-6-3-11-28-21)13-19(23-25)16-7-9-17(27-2)10-8-16/h3-12,20H,13-15H2,1-2H3/t20-/m1/s1. The maximum absolute atomic E-state index is 13.1. The largest absolute Gasteiger partial charge is 0.497 e. The van der Waals surface area contributed by atoms with E-state index in [0.29, 0.717) is 6.42 Å². The molecule has 0 saturated heterocycles. The second kappa shape index (κ2) is 8.63. The molecule has 0 N–H and O–H groups in total. The molecule has 1 aliphatic rings. The fourth-order valence-electron chi connectivity index (χ4n) is 3.43. The van der Waals surface area contributed by atoms with Crippen LogP contribution in [0.5, 0.6) is 5.75 Å². The van der Waals surface area contributed by atoms with Crippen LogP contribution < -0.4 is 4.74 Å². The summed E-state index contributed by atoms with van der Waals surface area (Å²) in [5.41, 5.74) is 1.84. The second-order valence-electron chi connectivity index (χ2n) is 7.00. The molecule has 0 spiro atoms. The normalized spacial score (nSPS) is 16.3. The van der Waals surface area contributed by atoms with E-state index in [1.165, 1.54) is 4.88 Å². The van der Waals surface area contributed by atoms with Crippen LogP contribution in [-0.2, 0) is 11.3 Å². The van der Waals surface area contributed by atoms with Gasteiger partial charge in [0.15, 0.2) is 0 Å². The number of hydrogen-bond acceptors (Lipinski definition) is 6. The lowest BCUT2D eigenvalue weighted by Crippen LogP contribution is -2.36. The Kier molecular flexibility index (Phi) is 5.78. The van der Waals surface area contributed by atoms with Gasteiger partial charge in [0.2, 0.25) is 0 Å². The number of carbonyl (C=O) groups excluding carboxylic acids is 1. The molecule has 0 fully saturated rings. The van der Waals surface area contributed by atoms with Crippen molar-refractivity contribution in [3.63, 3.8) is 0 Å². The molecule has 2 aromatic heterocycles. The molecule has 0 aliphatic carbocycles. The summed E-state index contributed by atoms with van der Waals surface area (Å²) in [6.07, 6.45) is 2.24. The van der Waals surface area contributed by atoms with Crippen molar-refractivity contribution in [2.45, 2.75) is 19.0 Å². The van der Waals surface area contributed by atoms with Crippen molar-refractivity contribution in [3.05, 3.63) is 76.4 Å². The molecule has 3 aromatic rings. The molecule has 1 amide bonds. The molecule has 1 atom stereocenters. The van der Waals surface area contributed by atoms with Crippen molar-refractivity contribution >= 4 is 23.0 Å². The lowest BCUT2D eigenvalue weighted by Gasteiger charge is -2.23. The molecular formula is C22H23N3O3S. The van der Waals surface area contributed by atoms with Crippen LogP contribution >= 0.6 is 11.3 Å². The fourth-order valence-corrected chi connectivity index (χ4v) is 4.21. The summed E-state index contributed by atoms with van der Waals surface area (Å²) < 4.78 is 10.8. The zero-order valence-electron chi connectivity index (χ0n) is 16.4. The van der Waals surface area contributed by atoms with Gasteiger partial charge < -0.3 is 9.15 Å². The molecule has 1 aliphatic heterocycles. The zero-order chi connectivity index (χ0) is 20.2. The Bertz CT molecular complexity index is 965. The topological polar surface area (TPSA) is 58.3 Å². The molecule has 0 bridgehead atoms. The van der Waals surface area contributed by atoms with Crippen LogP contribution in [-0.4, -0.2) is 42.2 Å². The molecule has 1 aromatic carbocycles. The van der Waals surface area contributed by atoms with E-state index in [-0.39, 0.29) is 18.5 Å². The first-order chi connectivity index (χ1) is 14.1. The van der Waals surface area contributed by atoms with Crippen LogP contribution in [0.4, 0.5) is 0 Å². The van der Waals surface area contributed by atoms with Crippen molar-refractivity contribution in [2.24, 2.45) is 5.10 Å². The average Bonchev–Trinajstić information content (AvgIpc) is 3.48. The Morgan fingerprint density at radius 2 is 2.10 bits per heavy atom. The monoisotopic (exact) mass is 409 g/mol. The highest BCUT2D eigenvalue weighted by Gasteiger charge is 2.35. The summed E-state index contributed by atoms with van der Waals surface area (Å²) in [4.78, 5) is 16.3. The highest BCUT2D eigenvalue weighted by Crippen LogP contribution is 2.33. The number of benzene rings is 1. The lowest BCUT2D eigenvalue weighted by molar-refractivity contribution is -0.134. The van der Waals surface area contributed by atoms with Gasteiger partial charge in [0, 0.05) is 17.8 Å². The minimum Gasteiger partial charge on any atom is -0.497 e. The number of nitrogens with zero attached hydrogens (tertiary/aromatic N) is 3. The van der Waals surface area contributed by atoms with Gasteiger partial charge in [-0.05, 0) is 60.5 Å². The number of furan rings is 1. The Morgan fingerprint density at radius 1 is 1.28 bits per heavy atom. The first-order valence-corrected chi connectivity index (χ1v) is 10.3. The van der Waals surface area contributed by atoms with Crippen LogP contribution in [0.3, 0.4) is 0 Å². The molecule has 7 heteroatoms. The van der Waals surface area contributed by atoms with Crippen LogP contribution in [0, 0.1) is 0 Å². The summed E-state index contributed by atoms with van der Waals surface area (Å²) in [6, 6.07) is 15.3. The van der Waals surface area contributed by atoms with Gasteiger partial charge in [0.05, 0.1) is 25.6 Å². The van der Waals surface area contributed by atoms with Gasteiger partial charge in [0.25, 0.3) is 5.91 Å². The Labute approximate surface area is 174 Å². The maximum atomic E-state index is 13.1. The molecular weight excluding hydrogens is 386 g/mol. The SMILES string of the molecule is COc1ccc(C2=NN(C(=O)CN(C)Cc3cccs3)[C@@H](c3ccco3)C2)cc1. The smallest absolute Gasteiger partial charge is 0.257 e. The summed E-state index contributed by atoms with van der Waals surface area (Å²) in [5.74, 6) is 1.48. The lowest BCUT2D eigenvalue weighted by atomic mass is 10.0. The van der Waals surface area contributed by atoms with Crippen LogP contribution in [0.25, 0.3) is 0 Å². The third-order valence-electron chi connectivity index (χ3n) is 4.87. The number of methoxy groups -OCH3 is 1. The van der Waals surface area contributed by atoms with Crippen LogP contribution in [0.15, 0.2) is 69.7 Å². The molecule has 4 rings (SSSR count). The molecule has 150 valence electrons. The zero-order valence-corrected chi connectivity index (χ0v) is 17.3. The summed E-state index contributed by atoms with van der Waals surface area (Å²) >= 11 is 1.69. The van der Waals surface area contributed by atoms with Crippen molar-refractivity contribution in [1.29, 1.82) is 0 Å². The van der Waals surface area contributed by atoms with E-state index in [0.717, 1.165) is 29.3 Å². The number of hydrogen-bond donors (Lipinski definition) is 0. The number of ether oxygens (including phenoxy) is 1. The van der Waals surface area contributed by atoms with E-state index in [1.807, 2.05) is 59.8 Å². The van der Waals surface area contributed by atoms with Gasteiger partial charge in [-0.1, -0.05) is 6.07 Å². The third kappa shape index (κ3) is 4.41. The van der Waals surface area contributed by atoms with E-state index in [4.69, 9.17) is 9.15 Å². The Morgan fingerprint density at radius 3 is 2.76 bits per heavy atom. The number of rotatable bonds is 7. The number of hydrazone groups is 1. The maximum Gasteiger partial charge on any atom is 0.257 e. The van der Waals surface area contributed by atoms with E-state index in [9.17, 15) is 4.79 Å². The predicted octanol–water partition coefficient (Wildman–Crippen LogP) is 4.16. The van der Waals surface area contributed by atoms with Crippen LogP contribution in [0.1, 0.15) is 28.7 Å². The molecule has 6 nitrogen and oxygen atoms in total. The minimum absolute atomic E-state index is 0.0473. The fraction of sp³-hybridized carbons (Fsp3) is 0.273. The quantitative estimate of drug-likeness (QED) is 0.588. The van der Waals surface area contributed by atoms with Crippen molar-refractivity contribution in [1.82, 2.24) is 9.91 Å². The summed E-state index contributed by atoms with van der Waals surface area (Å²) in [7, 11) is 3.59. The van der Waals surface area contributed by atoms with Crippen LogP contribution in [0.2, 0.25) is 0 Å². The van der Waals surface area contributed by atoms with E-state index in [2.05, 4.69) is 11.2 Å². The third-order valence-corrected chi connectivity index (χ3v) is 5.73. The van der Waals surface area contributed by atoms with Gasteiger partial charge in [0.1, 0.15) is 17.6 Å². The number of carbonyl (C=O) groups is 1. The van der Waals surface area contributed by atoms with Crippen molar-refractivity contribution in [3.8, 4) is 5.75 Å². The first kappa shape index (κ1) is 19.4. The molecule has 0 unspecified atom stereocenters. The molecule has 0 radical (unpaired) electrons.